The van der Waals surface area contributed by atoms with Crippen LogP contribution in [0.1, 0.15) is 12.8 Å². The van der Waals surface area contributed by atoms with Crippen molar-refractivity contribution < 1.29 is 18.4 Å². The summed E-state index contributed by atoms with van der Waals surface area (Å²) in [6, 6.07) is 1.73. The van der Waals surface area contributed by atoms with Crippen molar-refractivity contribution in [1.29, 1.82) is 0 Å². The van der Waals surface area contributed by atoms with E-state index in [0.717, 1.165) is 16.4 Å². The molecular weight excluding hydrogens is 343 g/mol. The Labute approximate surface area is 131 Å². The molecule has 0 aliphatic carbocycles. The van der Waals surface area contributed by atoms with Crippen molar-refractivity contribution >= 4 is 38.9 Å². The number of aliphatic hydroxyl groups is 1. The summed E-state index contributed by atoms with van der Waals surface area (Å²) >= 11 is 11.6. The van der Waals surface area contributed by atoms with Crippen molar-refractivity contribution in [3.8, 4) is 0 Å². The van der Waals surface area contributed by atoms with Crippen LogP contribution in [0.5, 0.6) is 0 Å². The molecule has 10 heteroatoms. The molecule has 1 aromatic carbocycles. The second-order valence-electron chi connectivity index (χ2n) is 4.56. The number of benzene rings is 1. The van der Waals surface area contributed by atoms with Gasteiger partial charge < -0.3 is 5.11 Å². The Balaban J connectivity index is 2.56. The maximum absolute atomic E-state index is 12.6. The Morgan fingerprint density at radius 1 is 1.43 bits per heavy atom. The number of sulfonamides is 1. The average molecular weight is 355 g/mol. The first-order valence-electron chi connectivity index (χ1n) is 6.05. The fourth-order valence-corrected chi connectivity index (χ4v) is 4.87. The molecule has 1 aliphatic rings. The van der Waals surface area contributed by atoms with E-state index in [1.807, 2.05) is 0 Å². The van der Waals surface area contributed by atoms with Gasteiger partial charge >= 0.3 is 5.69 Å². The number of nitrogens with zero attached hydrogens (tertiary/aromatic N) is 2. The van der Waals surface area contributed by atoms with E-state index in [0.29, 0.717) is 12.8 Å². The fourth-order valence-electron chi connectivity index (χ4n) is 2.32. The van der Waals surface area contributed by atoms with E-state index in [4.69, 9.17) is 23.2 Å². The molecule has 2 rings (SSSR count). The van der Waals surface area contributed by atoms with E-state index in [9.17, 15) is 23.6 Å². The third kappa shape index (κ3) is 2.86. The van der Waals surface area contributed by atoms with E-state index in [1.165, 1.54) is 0 Å². The summed E-state index contributed by atoms with van der Waals surface area (Å²) in [6.07, 6.45) is 1.14. The Morgan fingerprint density at radius 3 is 2.67 bits per heavy atom. The number of hydrogen-bond acceptors (Lipinski definition) is 5. The summed E-state index contributed by atoms with van der Waals surface area (Å²) in [4.78, 5) is 9.76. The molecule has 1 atom stereocenters. The number of rotatable bonds is 4. The normalized spacial score (nSPS) is 19.9. The van der Waals surface area contributed by atoms with Crippen LogP contribution in [-0.4, -0.2) is 41.9 Å². The molecule has 0 saturated carbocycles. The van der Waals surface area contributed by atoms with E-state index in [2.05, 4.69) is 0 Å². The Hall–Kier alpha value is -0.930. The van der Waals surface area contributed by atoms with Crippen molar-refractivity contribution in [1.82, 2.24) is 4.31 Å². The molecule has 1 aliphatic heterocycles. The molecule has 0 unspecified atom stereocenters. The highest BCUT2D eigenvalue weighted by Gasteiger charge is 2.38. The predicted octanol–water partition coefficient (Wildman–Crippen LogP) is 2.05. The molecule has 1 fully saturated rings. The molecule has 0 radical (unpaired) electrons. The van der Waals surface area contributed by atoms with Crippen LogP contribution in [0, 0.1) is 10.1 Å². The lowest BCUT2D eigenvalue weighted by Crippen LogP contribution is -2.37. The molecule has 0 aromatic heterocycles. The van der Waals surface area contributed by atoms with Gasteiger partial charge in [0.15, 0.2) is 0 Å². The van der Waals surface area contributed by atoms with E-state index in [-0.39, 0.29) is 23.1 Å². The van der Waals surface area contributed by atoms with E-state index < -0.39 is 31.7 Å². The number of nitro groups is 1. The lowest BCUT2D eigenvalue weighted by molar-refractivity contribution is -0.384. The quantitative estimate of drug-likeness (QED) is 0.658. The summed E-state index contributed by atoms with van der Waals surface area (Å²) in [5.74, 6) is 0. The highest BCUT2D eigenvalue weighted by Crippen LogP contribution is 2.39. The van der Waals surface area contributed by atoms with Gasteiger partial charge in [0.1, 0.15) is 14.9 Å². The van der Waals surface area contributed by atoms with Crippen LogP contribution in [0.15, 0.2) is 17.0 Å². The van der Waals surface area contributed by atoms with Gasteiger partial charge in [0.2, 0.25) is 10.0 Å². The minimum atomic E-state index is -4.03. The first-order chi connectivity index (χ1) is 9.80. The van der Waals surface area contributed by atoms with Crippen LogP contribution in [0.4, 0.5) is 5.69 Å². The number of aliphatic hydroxyl groups excluding tert-OH is 1. The molecule has 21 heavy (non-hydrogen) atoms. The second kappa shape index (κ2) is 6.05. The highest BCUT2D eigenvalue weighted by atomic mass is 35.5. The summed E-state index contributed by atoms with van der Waals surface area (Å²) in [5.41, 5.74) is -0.640. The first kappa shape index (κ1) is 16.4. The van der Waals surface area contributed by atoms with Gasteiger partial charge in [-0.05, 0) is 25.0 Å². The van der Waals surface area contributed by atoms with Gasteiger partial charge in [-0.1, -0.05) is 23.2 Å². The summed E-state index contributed by atoms with van der Waals surface area (Å²) in [5, 5.41) is 19.4. The number of hydrogen-bond donors (Lipinski definition) is 1. The summed E-state index contributed by atoms with van der Waals surface area (Å²) in [7, 11) is -4.03. The van der Waals surface area contributed by atoms with Gasteiger partial charge in [0, 0.05) is 12.6 Å². The van der Waals surface area contributed by atoms with Crippen molar-refractivity contribution in [2.24, 2.45) is 0 Å². The zero-order valence-corrected chi connectivity index (χ0v) is 13.0. The Kier molecular flexibility index (Phi) is 4.74. The molecular formula is C11H12Cl2N2O5S. The van der Waals surface area contributed by atoms with Crippen LogP contribution < -0.4 is 0 Å². The average Bonchev–Trinajstić information content (AvgIpc) is 2.86. The van der Waals surface area contributed by atoms with Crippen LogP contribution >= 0.6 is 23.2 Å². The Bertz CT molecular complexity index is 679. The molecule has 1 aromatic rings. The van der Waals surface area contributed by atoms with Crippen molar-refractivity contribution in [2.45, 2.75) is 23.8 Å². The van der Waals surface area contributed by atoms with Gasteiger partial charge in [0.05, 0.1) is 11.5 Å². The van der Waals surface area contributed by atoms with Gasteiger partial charge in [0.25, 0.3) is 0 Å². The van der Waals surface area contributed by atoms with Crippen LogP contribution in [0.2, 0.25) is 10.0 Å². The lowest BCUT2D eigenvalue weighted by Gasteiger charge is -2.22. The molecule has 1 N–H and O–H groups in total. The third-order valence-corrected chi connectivity index (χ3v) is 6.13. The Morgan fingerprint density at radius 2 is 2.10 bits per heavy atom. The molecule has 0 amide bonds. The smallest absolute Gasteiger partial charge is 0.307 e. The van der Waals surface area contributed by atoms with Gasteiger partial charge in [-0.15, -0.1) is 0 Å². The minimum Gasteiger partial charge on any atom is -0.395 e. The topological polar surface area (TPSA) is 101 Å². The molecule has 0 bridgehead atoms. The van der Waals surface area contributed by atoms with Gasteiger partial charge in [-0.25, -0.2) is 8.42 Å². The zero-order valence-electron chi connectivity index (χ0n) is 10.7. The summed E-state index contributed by atoms with van der Waals surface area (Å²) < 4.78 is 26.3. The number of halogens is 2. The second-order valence-corrected chi connectivity index (χ2v) is 7.20. The minimum absolute atomic E-state index is 0.232. The molecule has 116 valence electrons. The maximum Gasteiger partial charge on any atom is 0.307 e. The monoisotopic (exact) mass is 354 g/mol. The van der Waals surface area contributed by atoms with Gasteiger partial charge in [-0.3, -0.25) is 10.1 Å². The third-order valence-electron chi connectivity index (χ3n) is 3.33. The maximum atomic E-state index is 12.6. The molecule has 1 saturated heterocycles. The fraction of sp³-hybridized carbons (Fsp3) is 0.455. The van der Waals surface area contributed by atoms with Crippen molar-refractivity contribution in [3.05, 3.63) is 32.3 Å². The van der Waals surface area contributed by atoms with E-state index >= 15 is 0 Å². The first-order valence-corrected chi connectivity index (χ1v) is 8.25. The van der Waals surface area contributed by atoms with Crippen molar-refractivity contribution in [3.63, 3.8) is 0 Å². The molecule has 0 spiro atoms. The van der Waals surface area contributed by atoms with Crippen LogP contribution in [0.3, 0.4) is 0 Å². The zero-order chi connectivity index (χ0) is 15.8. The largest absolute Gasteiger partial charge is 0.395 e. The van der Waals surface area contributed by atoms with Crippen molar-refractivity contribution in [2.75, 3.05) is 13.2 Å². The summed E-state index contributed by atoms with van der Waals surface area (Å²) in [6.45, 7) is -0.0765. The predicted molar refractivity (Wildman–Crippen MR) is 77.1 cm³/mol. The highest BCUT2D eigenvalue weighted by molar-refractivity contribution is 7.89. The number of nitro benzene ring substituents is 1. The molecule has 1 heterocycles. The van der Waals surface area contributed by atoms with Crippen LogP contribution in [-0.2, 0) is 10.0 Å². The lowest BCUT2D eigenvalue weighted by atomic mass is 10.2. The molecule has 7 nitrogen and oxygen atoms in total. The van der Waals surface area contributed by atoms with Crippen LogP contribution in [0.25, 0.3) is 0 Å². The SMILES string of the molecule is O=[N+]([O-])c1c(Cl)ccc(S(=O)(=O)N2CCC[C@@H]2CO)c1Cl. The van der Waals surface area contributed by atoms with E-state index in [1.54, 1.807) is 0 Å². The standard InChI is InChI=1S/C11H12Cl2N2O5S/c12-8-3-4-9(10(13)11(8)15(17)18)21(19,20)14-5-1-2-7(14)6-16/h3-4,7,16H,1-2,5-6H2/t7-/m1/s1. The van der Waals surface area contributed by atoms with Gasteiger partial charge in [-0.2, -0.15) is 4.31 Å².